The molecule has 0 saturated heterocycles. The molecule has 148 valence electrons. The van der Waals surface area contributed by atoms with Gasteiger partial charge in [-0.2, -0.15) is 0 Å². The summed E-state index contributed by atoms with van der Waals surface area (Å²) in [4.78, 5) is 26.5. The van der Waals surface area contributed by atoms with Gasteiger partial charge in [0.1, 0.15) is 0 Å². The molecule has 3 rings (SSSR count). The molecule has 0 atom stereocenters. The van der Waals surface area contributed by atoms with Gasteiger partial charge in [-0.15, -0.1) is 0 Å². The Morgan fingerprint density at radius 2 is 1.96 bits per heavy atom. The molecule has 1 aliphatic heterocycles. The smallest absolute Gasteiger partial charge is 0.286 e. The number of nitrogens with zero attached hydrogens (tertiary/aromatic N) is 1. The minimum absolute atomic E-state index is 0.0619. The van der Waals surface area contributed by atoms with Crippen LogP contribution in [0.1, 0.15) is 30.0 Å². The van der Waals surface area contributed by atoms with Crippen molar-refractivity contribution in [3.8, 4) is 0 Å². The number of hydrogen-bond donors (Lipinski definition) is 1. The number of rotatable bonds is 4. The minimum Gasteiger partial charge on any atom is -0.325 e. The third-order valence-corrected chi connectivity index (χ3v) is 5.45. The number of thioether (sulfide) groups is 1. The Hall–Kier alpha value is -2.41. The number of para-hydroxylation sites is 1. The van der Waals surface area contributed by atoms with Gasteiger partial charge in [0.05, 0.1) is 5.75 Å². The van der Waals surface area contributed by atoms with Crippen LogP contribution in [0.15, 0.2) is 42.5 Å². The predicted molar refractivity (Wildman–Crippen MR) is 109 cm³/mol. The Morgan fingerprint density at radius 3 is 2.71 bits per heavy atom. The summed E-state index contributed by atoms with van der Waals surface area (Å²) in [6.45, 7) is 3.40. The van der Waals surface area contributed by atoms with Crippen LogP contribution >= 0.6 is 11.8 Å². The van der Waals surface area contributed by atoms with E-state index < -0.39 is 11.8 Å². The number of carbonyl (C=O) groups excluding carboxylic acids is 2. The van der Waals surface area contributed by atoms with Crippen molar-refractivity contribution in [3.63, 3.8) is 0 Å². The van der Waals surface area contributed by atoms with Crippen LogP contribution in [0, 0.1) is 6.92 Å². The molecule has 0 radical (unpaired) electrons. The van der Waals surface area contributed by atoms with Crippen molar-refractivity contribution in [2.24, 2.45) is 0 Å². The molecule has 0 saturated carbocycles. The topological polar surface area (TPSA) is 49.4 Å². The van der Waals surface area contributed by atoms with Gasteiger partial charge in [0, 0.05) is 30.4 Å². The van der Waals surface area contributed by atoms with Gasteiger partial charge in [-0.25, -0.2) is 8.78 Å². The van der Waals surface area contributed by atoms with E-state index in [1.54, 1.807) is 11.0 Å². The molecule has 4 nitrogen and oxygen atoms in total. The van der Waals surface area contributed by atoms with E-state index in [4.69, 9.17) is 0 Å². The summed E-state index contributed by atoms with van der Waals surface area (Å²) in [6, 6.07) is 11.8. The summed E-state index contributed by atoms with van der Waals surface area (Å²) in [6.07, 6.45) is 1.79. The molecule has 2 aromatic rings. The molecule has 0 fully saturated rings. The number of anilines is 2. The zero-order valence-electron chi connectivity index (χ0n) is 15.8. The van der Waals surface area contributed by atoms with Crippen LogP contribution in [0.25, 0.3) is 0 Å². The number of hydrogen-bond acceptors (Lipinski definition) is 3. The van der Waals surface area contributed by atoms with Crippen molar-refractivity contribution in [2.45, 2.75) is 32.6 Å². The summed E-state index contributed by atoms with van der Waals surface area (Å²) >= 11 is 0.879. The molecule has 1 heterocycles. The summed E-state index contributed by atoms with van der Waals surface area (Å²) in [5.41, 5.74) is 2.97. The first-order valence-electron chi connectivity index (χ1n) is 9.06. The van der Waals surface area contributed by atoms with Crippen molar-refractivity contribution in [1.29, 1.82) is 0 Å². The fourth-order valence-corrected chi connectivity index (χ4v) is 3.95. The van der Waals surface area contributed by atoms with E-state index in [1.165, 1.54) is 18.2 Å². The van der Waals surface area contributed by atoms with Gasteiger partial charge >= 0.3 is 0 Å². The van der Waals surface area contributed by atoms with E-state index in [0.29, 0.717) is 6.54 Å². The number of amides is 2. The lowest BCUT2D eigenvalue weighted by molar-refractivity contribution is -0.113. The van der Waals surface area contributed by atoms with Crippen LogP contribution in [0.2, 0.25) is 0 Å². The highest BCUT2D eigenvalue weighted by Gasteiger charge is 2.28. The van der Waals surface area contributed by atoms with Gasteiger partial charge < -0.3 is 10.2 Å². The largest absolute Gasteiger partial charge is 0.325 e. The van der Waals surface area contributed by atoms with Crippen molar-refractivity contribution < 1.29 is 18.4 Å². The first kappa shape index (κ1) is 20.3. The maximum absolute atomic E-state index is 13.7. The Bertz CT molecular complexity index is 896. The number of fused-ring (bicyclic) bond motifs is 1. The molecular formula is C21H22F2N2O2S. The van der Waals surface area contributed by atoms with Crippen LogP contribution < -0.4 is 10.2 Å². The lowest BCUT2D eigenvalue weighted by atomic mass is 10.0. The third-order valence-electron chi connectivity index (χ3n) is 4.57. The summed E-state index contributed by atoms with van der Waals surface area (Å²) in [5.74, 6) is -3.70. The first-order chi connectivity index (χ1) is 13.3. The van der Waals surface area contributed by atoms with Crippen LogP contribution in [0.4, 0.5) is 25.0 Å². The van der Waals surface area contributed by atoms with Crippen molar-refractivity contribution in [2.75, 3.05) is 22.5 Å². The van der Waals surface area contributed by atoms with E-state index in [0.717, 1.165) is 48.3 Å². The third kappa shape index (κ3) is 4.70. The van der Waals surface area contributed by atoms with Crippen molar-refractivity contribution in [3.05, 3.63) is 59.2 Å². The monoisotopic (exact) mass is 404 g/mol. The fourth-order valence-electron chi connectivity index (χ4n) is 3.28. The number of aryl methyl sites for hydroxylation is 2. The lowest BCUT2D eigenvalue weighted by Gasteiger charge is -2.29. The van der Waals surface area contributed by atoms with Crippen LogP contribution in [-0.4, -0.2) is 23.4 Å². The minimum atomic E-state index is -3.07. The fraction of sp³-hybridized carbons (Fsp3) is 0.333. The van der Waals surface area contributed by atoms with Crippen LogP contribution in [0.3, 0.4) is 0 Å². The molecule has 0 spiro atoms. The molecule has 0 bridgehead atoms. The second-order valence-corrected chi connectivity index (χ2v) is 7.85. The maximum atomic E-state index is 13.7. The zero-order chi connectivity index (χ0) is 20.3. The molecule has 1 aliphatic rings. The predicted octanol–water partition coefficient (Wildman–Crippen LogP) is 5.35. The number of benzene rings is 2. The van der Waals surface area contributed by atoms with Crippen molar-refractivity contribution >= 4 is 34.3 Å². The highest BCUT2D eigenvalue weighted by Crippen LogP contribution is 2.33. The molecular weight excluding hydrogens is 382 g/mol. The number of alkyl halides is 2. The van der Waals surface area contributed by atoms with Crippen LogP contribution in [0.5, 0.6) is 0 Å². The Labute approximate surface area is 167 Å². The van der Waals surface area contributed by atoms with Crippen LogP contribution in [-0.2, 0) is 17.1 Å². The number of nitrogens with one attached hydrogen (secondary N) is 1. The second-order valence-electron chi connectivity index (χ2n) is 6.92. The molecule has 2 aromatic carbocycles. The Balaban J connectivity index is 1.63. The van der Waals surface area contributed by atoms with Gasteiger partial charge in [-0.1, -0.05) is 47.7 Å². The van der Waals surface area contributed by atoms with E-state index in [9.17, 15) is 18.4 Å². The van der Waals surface area contributed by atoms with E-state index in [-0.39, 0.29) is 22.2 Å². The number of halogens is 2. The summed E-state index contributed by atoms with van der Waals surface area (Å²) in [7, 11) is 0. The normalized spacial score (nSPS) is 13.8. The summed E-state index contributed by atoms with van der Waals surface area (Å²) in [5, 5.41) is 2.28. The second kappa shape index (κ2) is 8.31. The van der Waals surface area contributed by atoms with Gasteiger partial charge in [0.2, 0.25) is 5.91 Å². The molecule has 28 heavy (non-hydrogen) atoms. The van der Waals surface area contributed by atoms with E-state index in [1.807, 2.05) is 19.1 Å². The van der Waals surface area contributed by atoms with Gasteiger partial charge in [-0.05, 0) is 37.5 Å². The molecule has 0 unspecified atom stereocenters. The van der Waals surface area contributed by atoms with Crippen molar-refractivity contribution in [1.82, 2.24) is 0 Å². The quantitative estimate of drug-likeness (QED) is 0.747. The Morgan fingerprint density at radius 1 is 1.21 bits per heavy atom. The van der Waals surface area contributed by atoms with E-state index in [2.05, 4.69) is 11.4 Å². The molecule has 0 aliphatic carbocycles. The average molecular weight is 404 g/mol. The standard InChI is InChI=1S/C21H22F2N2O2S/c1-14-9-10-18-15(12-14)6-5-11-25(18)20(27)28-13-19(26)24-17-8-4-3-7-16(17)21(2,22)23/h3-4,7-10,12H,5-6,11,13H2,1-2H3,(H,24,26). The molecule has 0 aromatic heterocycles. The Kier molecular flexibility index (Phi) is 6.03. The molecule has 1 N–H and O–H groups in total. The SMILES string of the molecule is Cc1ccc2c(c1)CCCN2C(=O)SCC(=O)Nc1ccccc1C(C)(F)F. The van der Waals surface area contributed by atoms with E-state index >= 15 is 0 Å². The first-order valence-corrected chi connectivity index (χ1v) is 10.1. The zero-order valence-corrected chi connectivity index (χ0v) is 16.6. The highest BCUT2D eigenvalue weighted by atomic mass is 32.2. The number of carbonyl (C=O) groups is 2. The maximum Gasteiger partial charge on any atom is 0.286 e. The summed E-state index contributed by atoms with van der Waals surface area (Å²) < 4.78 is 27.3. The average Bonchev–Trinajstić information content (AvgIpc) is 2.65. The lowest BCUT2D eigenvalue weighted by Crippen LogP contribution is -2.33. The molecule has 2 amide bonds. The van der Waals surface area contributed by atoms with Gasteiger partial charge in [-0.3, -0.25) is 9.59 Å². The van der Waals surface area contributed by atoms with Gasteiger partial charge in [0.25, 0.3) is 11.2 Å². The molecule has 7 heteroatoms. The highest BCUT2D eigenvalue weighted by molar-refractivity contribution is 8.14. The van der Waals surface area contributed by atoms with Gasteiger partial charge in [0.15, 0.2) is 0 Å².